The summed E-state index contributed by atoms with van der Waals surface area (Å²) in [6.45, 7) is 10.8. The Labute approximate surface area is 131 Å². The highest BCUT2D eigenvalue weighted by molar-refractivity contribution is 9.10. The van der Waals surface area contributed by atoms with E-state index < -0.39 is 0 Å². The summed E-state index contributed by atoms with van der Waals surface area (Å²) in [5.41, 5.74) is 0.973. The molecule has 0 spiro atoms. The number of phenolic OH excluding ortho intramolecular Hbond substituents is 1. The lowest BCUT2D eigenvalue weighted by atomic mass is 10.0. The number of hydrogen-bond donors (Lipinski definition) is 2. The first-order valence-corrected chi connectivity index (χ1v) is 8.35. The molecular weight excluding hydrogens is 316 g/mol. The summed E-state index contributed by atoms with van der Waals surface area (Å²) < 4.78 is 1.01. The molecule has 0 saturated carbocycles. The molecule has 20 heavy (non-hydrogen) atoms. The van der Waals surface area contributed by atoms with Gasteiger partial charge in [0.15, 0.2) is 0 Å². The van der Waals surface area contributed by atoms with E-state index in [2.05, 4.69) is 46.9 Å². The lowest BCUT2D eigenvalue weighted by molar-refractivity contribution is 0.281. The average Bonchev–Trinajstić information content (AvgIpc) is 2.45. The molecule has 4 heteroatoms. The van der Waals surface area contributed by atoms with Crippen LogP contribution in [0.25, 0.3) is 0 Å². The van der Waals surface area contributed by atoms with Crippen LogP contribution >= 0.6 is 15.9 Å². The quantitative estimate of drug-likeness (QED) is 0.713. The number of phenols is 1. The Kier molecular flexibility index (Phi) is 8.19. The van der Waals surface area contributed by atoms with Gasteiger partial charge in [-0.3, -0.25) is 0 Å². The van der Waals surface area contributed by atoms with Gasteiger partial charge in [0.05, 0.1) is 0 Å². The van der Waals surface area contributed by atoms with Gasteiger partial charge in [0, 0.05) is 29.2 Å². The molecule has 0 aliphatic rings. The fourth-order valence-corrected chi connectivity index (χ4v) is 2.80. The second kappa shape index (κ2) is 9.37. The van der Waals surface area contributed by atoms with Gasteiger partial charge in [-0.2, -0.15) is 0 Å². The Balaban J connectivity index is 2.57. The van der Waals surface area contributed by atoms with Crippen molar-refractivity contribution in [2.45, 2.75) is 39.7 Å². The van der Waals surface area contributed by atoms with Gasteiger partial charge in [-0.1, -0.05) is 36.7 Å². The van der Waals surface area contributed by atoms with E-state index in [1.807, 2.05) is 12.1 Å². The molecule has 2 N–H and O–H groups in total. The molecule has 0 aromatic heterocycles. The van der Waals surface area contributed by atoms with E-state index in [0.717, 1.165) is 42.6 Å². The van der Waals surface area contributed by atoms with Crippen LogP contribution in [0.3, 0.4) is 0 Å². The Bertz CT molecular complexity index is 398. The van der Waals surface area contributed by atoms with Crippen molar-refractivity contribution in [2.24, 2.45) is 0 Å². The number of hydrogen-bond acceptors (Lipinski definition) is 3. The molecule has 0 radical (unpaired) electrons. The fraction of sp³-hybridized carbons (Fsp3) is 0.625. The molecule has 114 valence electrons. The molecule has 1 aromatic carbocycles. The minimum absolute atomic E-state index is 0.202. The van der Waals surface area contributed by atoms with Crippen LogP contribution in [0.5, 0.6) is 5.75 Å². The first-order valence-electron chi connectivity index (χ1n) is 7.56. The molecule has 0 bridgehead atoms. The second-order valence-corrected chi connectivity index (χ2v) is 5.97. The SMILES string of the molecule is CCCN(CC)CCNC(CC)c1cc(Br)ccc1O. The largest absolute Gasteiger partial charge is 0.508 e. The number of likely N-dealkylation sites (N-methyl/N-ethyl adjacent to an activating group) is 1. The summed E-state index contributed by atoms with van der Waals surface area (Å²) in [5, 5.41) is 13.6. The summed E-state index contributed by atoms with van der Waals surface area (Å²) in [7, 11) is 0. The number of nitrogens with zero attached hydrogens (tertiary/aromatic N) is 1. The molecule has 0 fully saturated rings. The molecular formula is C16H27BrN2O. The maximum absolute atomic E-state index is 10.0. The highest BCUT2D eigenvalue weighted by Crippen LogP contribution is 2.29. The van der Waals surface area contributed by atoms with Gasteiger partial charge >= 0.3 is 0 Å². The first-order chi connectivity index (χ1) is 9.62. The summed E-state index contributed by atoms with van der Waals surface area (Å²) in [5.74, 6) is 0.369. The van der Waals surface area contributed by atoms with Crippen LogP contribution < -0.4 is 5.32 Å². The van der Waals surface area contributed by atoms with Crippen molar-refractivity contribution in [3.63, 3.8) is 0 Å². The first kappa shape index (κ1) is 17.5. The van der Waals surface area contributed by atoms with Crippen LogP contribution in [0.2, 0.25) is 0 Å². The monoisotopic (exact) mass is 342 g/mol. The van der Waals surface area contributed by atoms with E-state index in [0.29, 0.717) is 5.75 Å². The molecule has 0 aliphatic heterocycles. The maximum atomic E-state index is 10.0. The molecule has 0 saturated heterocycles. The molecule has 0 heterocycles. The van der Waals surface area contributed by atoms with Gasteiger partial charge in [-0.25, -0.2) is 0 Å². The topological polar surface area (TPSA) is 35.5 Å². The van der Waals surface area contributed by atoms with Crippen molar-refractivity contribution >= 4 is 15.9 Å². The molecule has 1 aromatic rings. The van der Waals surface area contributed by atoms with Crippen molar-refractivity contribution in [1.29, 1.82) is 0 Å². The van der Waals surface area contributed by atoms with E-state index in [9.17, 15) is 5.11 Å². The third-order valence-corrected chi connectivity index (χ3v) is 4.07. The predicted molar refractivity (Wildman–Crippen MR) is 89.2 cm³/mol. The third kappa shape index (κ3) is 5.43. The second-order valence-electron chi connectivity index (χ2n) is 5.05. The Hall–Kier alpha value is -0.580. The van der Waals surface area contributed by atoms with Crippen LogP contribution in [0, 0.1) is 0 Å². The Morgan fingerprint density at radius 3 is 2.60 bits per heavy atom. The normalized spacial score (nSPS) is 12.8. The molecule has 0 aliphatic carbocycles. The van der Waals surface area contributed by atoms with E-state index in [1.165, 1.54) is 6.42 Å². The summed E-state index contributed by atoms with van der Waals surface area (Å²) in [4.78, 5) is 2.44. The van der Waals surface area contributed by atoms with Crippen molar-refractivity contribution in [3.05, 3.63) is 28.2 Å². The average molecular weight is 343 g/mol. The molecule has 3 nitrogen and oxygen atoms in total. The van der Waals surface area contributed by atoms with Crippen LogP contribution in [0.15, 0.2) is 22.7 Å². The highest BCUT2D eigenvalue weighted by atomic mass is 79.9. The standard InChI is InChI=1S/C16H27BrN2O/c1-4-10-19(6-3)11-9-18-15(5-2)14-12-13(17)7-8-16(14)20/h7-8,12,15,18,20H,4-6,9-11H2,1-3H3. The van der Waals surface area contributed by atoms with Gasteiger partial charge < -0.3 is 15.3 Å². The van der Waals surface area contributed by atoms with Crippen molar-refractivity contribution in [2.75, 3.05) is 26.2 Å². The van der Waals surface area contributed by atoms with Crippen molar-refractivity contribution in [3.8, 4) is 5.75 Å². The zero-order chi connectivity index (χ0) is 15.0. The lowest BCUT2D eigenvalue weighted by Gasteiger charge is -2.23. The minimum Gasteiger partial charge on any atom is -0.508 e. The van der Waals surface area contributed by atoms with Gasteiger partial charge in [0.25, 0.3) is 0 Å². The van der Waals surface area contributed by atoms with E-state index >= 15 is 0 Å². The van der Waals surface area contributed by atoms with Crippen LogP contribution in [-0.2, 0) is 0 Å². The van der Waals surface area contributed by atoms with Gasteiger partial charge in [-0.15, -0.1) is 0 Å². The van der Waals surface area contributed by atoms with Crippen LogP contribution in [0.4, 0.5) is 0 Å². The zero-order valence-corrected chi connectivity index (χ0v) is 14.4. The summed E-state index contributed by atoms with van der Waals surface area (Å²) in [6, 6.07) is 5.82. The number of aromatic hydroxyl groups is 1. The predicted octanol–water partition coefficient (Wildman–Crippen LogP) is 3.93. The number of benzene rings is 1. The van der Waals surface area contributed by atoms with Crippen LogP contribution in [0.1, 0.15) is 45.2 Å². The Morgan fingerprint density at radius 2 is 2.00 bits per heavy atom. The number of rotatable bonds is 9. The van der Waals surface area contributed by atoms with E-state index in [1.54, 1.807) is 6.07 Å². The molecule has 1 atom stereocenters. The van der Waals surface area contributed by atoms with Gasteiger partial charge in [0.2, 0.25) is 0 Å². The lowest BCUT2D eigenvalue weighted by Crippen LogP contribution is -2.34. The number of nitrogens with one attached hydrogen (secondary N) is 1. The zero-order valence-electron chi connectivity index (χ0n) is 12.8. The van der Waals surface area contributed by atoms with E-state index in [4.69, 9.17) is 0 Å². The Morgan fingerprint density at radius 1 is 1.25 bits per heavy atom. The number of halogens is 1. The smallest absolute Gasteiger partial charge is 0.120 e. The molecule has 1 unspecified atom stereocenters. The van der Waals surface area contributed by atoms with Crippen molar-refractivity contribution < 1.29 is 5.11 Å². The van der Waals surface area contributed by atoms with Gasteiger partial charge in [0.1, 0.15) is 5.75 Å². The maximum Gasteiger partial charge on any atom is 0.120 e. The van der Waals surface area contributed by atoms with Crippen molar-refractivity contribution in [1.82, 2.24) is 10.2 Å². The molecule has 1 rings (SSSR count). The third-order valence-electron chi connectivity index (χ3n) is 3.58. The fourth-order valence-electron chi connectivity index (χ4n) is 2.42. The van der Waals surface area contributed by atoms with Crippen LogP contribution in [-0.4, -0.2) is 36.2 Å². The highest BCUT2D eigenvalue weighted by Gasteiger charge is 2.13. The summed E-state index contributed by atoms with van der Waals surface area (Å²) in [6.07, 6.45) is 2.15. The van der Waals surface area contributed by atoms with E-state index in [-0.39, 0.29) is 6.04 Å². The minimum atomic E-state index is 0.202. The molecule has 0 amide bonds. The summed E-state index contributed by atoms with van der Waals surface area (Å²) >= 11 is 3.47. The van der Waals surface area contributed by atoms with Gasteiger partial charge in [-0.05, 0) is 44.1 Å².